The predicted octanol–water partition coefficient (Wildman–Crippen LogP) is 1.64. The molecule has 0 aromatic heterocycles. The van der Waals surface area contributed by atoms with E-state index in [4.69, 9.17) is 11.6 Å². The van der Waals surface area contributed by atoms with E-state index < -0.39 is 0 Å². The Bertz CT molecular complexity index is 488. The highest BCUT2D eigenvalue weighted by molar-refractivity contribution is 6.30. The number of hydrogen-bond acceptors (Lipinski definition) is 3. The summed E-state index contributed by atoms with van der Waals surface area (Å²) in [6, 6.07) is 8.15. The minimum Gasteiger partial charge on any atom is -0.369 e. The lowest BCUT2D eigenvalue weighted by Gasteiger charge is -2.20. The van der Waals surface area contributed by atoms with E-state index >= 15 is 0 Å². The maximum Gasteiger partial charge on any atom is 0.224 e. The van der Waals surface area contributed by atoms with Crippen molar-refractivity contribution in [3.05, 3.63) is 29.3 Å². The van der Waals surface area contributed by atoms with Gasteiger partial charge in [0, 0.05) is 36.4 Å². The van der Waals surface area contributed by atoms with Gasteiger partial charge in [0.25, 0.3) is 0 Å². The number of benzene rings is 1. The number of nitrogens with one attached hydrogen (secondary N) is 2. The zero-order valence-corrected chi connectivity index (χ0v) is 12.2. The Labute approximate surface area is 124 Å². The highest BCUT2D eigenvalue weighted by Gasteiger charge is 2.28. The van der Waals surface area contributed by atoms with Crippen molar-refractivity contribution in [2.24, 2.45) is 5.92 Å². The molecular formula is C15H20ClN3O. The molecule has 5 heteroatoms. The molecule has 3 rings (SSSR count). The predicted molar refractivity (Wildman–Crippen MR) is 81.2 cm³/mol. The number of nitrogens with zero attached hydrogens (tertiary/aromatic N) is 1. The molecule has 0 saturated carbocycles. The molecule has 1 amide bonds. The minimum absolute atomic E-state index is 0.148. The molecule has 2 fully saturated rings. The largest absolute Gasteiger partial charge is 0.369 e. The van der Waals surface area contributed by atoms with Crippen molar-refractivity contribution in [2.45, 2.75) is 18.9 Å². The Morgan fingerprint density at radius 2 is 2.30 bits per heavy atom. The summed E-state index contributed by atoms with van der Waals surface area (Å²) < 4.78 is 0. The third kappa shape index (κ3) is 3.07. The first kappa shape index (κ1) is 13.7. The van der Waals surface area contributed by atoms with E-state index in [0.29, 0.717) is 0 Å². The zero-order chi connectivity index (χ0) is 13.9. The molecule has 2 atom stereocenters. The van der Waals surface area contributed by atoms with Crippen LogP contribution in [0.3, 0.4) is 0 Å². The van der Waals surface area contributed by atoms with Crippen molar-refractivity contribution in [1.29, 1.82) is 0 Å². The van der Waals surface area contributed by atoms with Gasteiger partial charge >= 0.3 is 0 Å². The van der Waals surface area contributed by atoms with Crippen molar-refractivity contribution in [2.75, 3.05) is 31.1 Å². The van der Waals surface area contributed by atoms with Gasteiger partial charge in [0.1, 0.15) is 0 Å². The lowest BCUT2D eigenvalue weighted by molar-refractivity contribution is -0.125. The van der Waals surface area contributed by atoms with Gasteiger partial charge < -0.3 is 15.5 Å². The number of hydrogen-bond donors (Lipinski definition) is 2. The average Bonchev–Trinajstić information content (AvgIpc) is 3.10. The van der Waals surface area contributed by atoms with Crippen LogP contribution < -0.4 is 15.5 Å². The van der Waals surface area contributed by atoms with E-state index in [1.807, 2.05) is 18.2 Å². The second kappa shape index (κ2) is 6.02. The summed E-state index contributed by atoms with van der Waals surface area (Å²) in [6.45, 7) is 3.61. The summed E-state index contributed by atoms with van der Waals surface area (Å²) in [5.41, 5.74) is 1.14. The molecule has 0 aliphatic carbocycles. The van der Waals surface area contributed by atoms with Gasteiger partial charge in [-0.15, -0.1) is 0 Å². The maximum atomic E-state index is 12.1. The second-order valence-electron chi connectivity index (χ2n) is 5.61. The monoisotopic (exact) mass is 293 g/mol. The van der Waals surface area contributed by atoms with Gasteiger partial charge in [0.15, 0.2) is 0 Å². The van der Waals surface area contributed by atoms with Crippen LogP contribution in [0.15, 0.2) is 24.3 Å². The average molecular weight is 294 g/mol. The lowest BCUT2D eigenvalue weighted by atomic mass is 10.1. The molecule has 108 valence electrons. The van der Waals surface area contributed by atoms with Crippen LogP contribution in [0.4, 0.5) is 5.69 Å². The number of rotatable bonds is 3. The minimum atomic E-state index is 0.148. The first-order valence-electron chi connectivity index (χ1n) is 7.24. The first-order chi connectivity index (χ1) is 9.72. The zero-order valence-electron chi connectivity index (χ0n) is 11.4. The summed E-state index contributed by atoms with van der Waals surface area (Å²) in [7, 11) is 0. The smallest absolute Gasteiger partial charge is 0.224 e. The molecule has 2 unspecified atom stereocenters. The van der Waals surface area contributed by atoms with Crippen molar-refractivity contribution in [3.63, 3.8) is 0 Å². The van der Waals surface area contributed by atoms with Crippen LogP contribution in [0.1, 0.15) is 12.8 Å². The summed E-state index contributed by atoms with van der Waals surface area (Å²) in [5.74, 6) is 0.350. The molecule has 0 spiro atoms. The van der Waals surface area contributed by atoms with Crippen molar-refractivity contribution in [1.82, 2.24) is 10.6 Å². The van der Waals surface area contributed by atoms with Crippen molar-refractivity contribution in [3.8, 4) is 0 Å². The Hall–Kier alpha value is -1.26. The molecule has 2 aliphatic heterocycles. The number of amides is 1. The lowest BCUT2D eigenvalue weighted by Crippen LogP contribution is -2.41. The first-order valence-corrected chi connectivity index (χ1v) is 7.62. The van der Waals surface area contributed by atoms with Gasteiger partial charge in [-0.05, 0) is 37.6 Å². The van der Waals surface area contributed by atoms with Crippen LogP contribution in [-0.2, 0) is 4.79 Å². The molecule has 2 N–H and O–H groups in total. The Morgan fingerprint density at radius 3 is 3.05 bits per heavy atom. The van der Waals surface area contributed by atoms with Gasteiger partial charge in [-0.25, -0.2) is 0 Å². The van der Waals surface area contributed by atoms with Crippen LogP contribution in [0.2, 0.25) is 5.02 Å². The number of halogens is 1. The molecule has 1 aromatic rings. The van der Waals surface area contributed by atoms with Gasteiger partial charge in [0.2, 0.25) is 5.91 Å². The Kier molecular flexibility index (Phi) is 4.13. The molecule has 4 nitrogen and oxygen atoms in total. The summed E-state index contributed by atoms with van der Waals surface area (Å²) >= 11 is 6.03. The fourth-order valence-electron chi connectivity index (χ4n) is 2.98. The van der Waals surface area contributed by atoms with Gasteiger partial charge in [-0.1, -0.05) is 17.7 Å². The molecule has 2 heterocycles. The standard InChI is InChI=1S/C15H20ClN3O/c16-12-2-1-3-14(8-12)19-7-5-13(10-19)18-15(20)11-4-6-17-9-11/h1-3,8,11,13,17H,4-7,9-10H2,(H,18,20). The number of carbonyl (C=O) groups is 1. The summed E-state index contributed by atoms with van der Waals surface area (Å²) in [6.07, 6.45) is 1.95. The fourth-order valence-corrected chi connectivity index (χ4v) is 3.17. The molecule has 2 aliphatic rings. The van der Waals surface area contributed by atoms with Crippen LogP contribution in [0, 0.1) is 5.92 Å². The maximum absolute atomic E-state index is 12.1. The number of anilines is 1. The van der Waals surface area contributed by atoms with Crippen LogP contribution in [-0.4, -0.2) is 38.1 Å². The van der Waals surface area contributed by atoms with E-state index in [-0.39, 0.29) is 17.9 Å². The van der Waals surface area contributed by atoms with Crippen LogP contribution in [0.25, 0.3) is 0 Å². The van der Waals surface area contributed by atoms with Gasteiger partial charge in [-0.3, -0.25) is 4.79 Å². The van der Waals surface area contributed by atoms with Crippen LogP contribution >= 0.6 is 11.6 Å². The fraction of sp³-hybridized carbons (Fsp3) is 0.533. The van der Waals surface area contributed by atoms with E-state index in [0.717, 1.165) is 49.7 Å². The Balaban J connectivity index is 1.55. The van der Waals surface area contributed by atoms with E-state index in [9.17, 15) is 4.79 Å². The van der Waals surface area contributed by atoms with Gasteiger partial charge in [0.05, 0.1) is 5.92 Å². The normalized spacial score (nSPS) is 25.9. The molecule has 0 bridgehead atoms. The molecule has 0 radical (unpaired) electrons. The SMILES string of the molecule is O=C(NC1CCN(c2cccc(Cl)c2)C1)C1CCNC1. The molecule has 2 saturated heterocycles. The van der Waals surface area contributed by atoms with E-state index in [1.165, 1.54) is 0 Å². The molecule has 20 heavy (non-hydrogen) atoms. The highest BCUT2D eigenvalue weighted by Crippen LogP contribution is 2.23. The summed E-state index contributed by atoms with van der Waals surface area (Å²) in [4.78, 5) is 14.4. The second-order valence-corrected chi connectivity index (χ2v) is 6.05. The Morgan fingerprint density at radius 1 is 1.40 bits per heavy atom. The topological polar surface area (TPSA) is 44.4 Å². The third-order valence-corrected chi connectivity index (χ3v) is 4.37. The van der Waals surface area contributed by atoms with E-state index in [2.05, 4.69) is 21.6 Å². The molecule has 1 aromatic carbocycles. The highest BCUT2D eigenvalue weighted by atomic mass is 35.5. The van der Waals surface area contributed by atoms with E-state index in [1.54, 1.807) is 0 Å². The van der Waals surface area contributed by atoms with Crippen LogP contribution in [0.5, 0.6) is 0 Å². The van der Waals surface area contributed by atoms with Crippen molar-refractivity contribution >= 4 is 23.2 Å². The number of carbonyl (C=O) groups excluding carboxylic acids is 1. The third-order valence-electron chi connectivity index (χ3n) is 4.14. The van der Waals surface area contributed by atoms with Gasteiger partial charge in [-0.2, -0.15) is 0 Å². The van der Waals surface area contributed by atoms with Crippen molar-refractivity contribution < 1.29 is 4.79 Å². The summed E-state index contributed by atoms with van der Waals surface area (Å²) in [5, 5.41) is 7.17. The molecular weight excluding hydrogens is 274 g/mol. The quantitative estimate of drug-likeness (QED) is 0.891.